The van der Waals surface area contributed by atoms with Crippen molar-refractivity contribution in [2.45, 2.75) is 6.92 Å². The maximum Gasteiger partial charge on any atom is 0.174 e. The predicted molar refractivity (Wildman–Crippen MR) is 53.0 cm³/mol. The first kappa shape index (κ1) is 11.3. The Labute approximate surface area is 81.5 Å². The van der Waals surface area contributed by atoms with E-state index < -0.39 is 0 Å². The maximum atomic E-state index is 8.24. The van der Waals surface area contributed by atoms with Crippen molar-refractivity contribution in [3.05, 3.63) is 35.4 Å². The van der Waals surface area contributed by atoms with E-state index in [-0.39, 0.29) is 5.17 Å². The van der Waals surface area contributed by atoms with Crippen LogP contribution in [0.5, 0.6) is 0 Å². The molecule has 0 aromatic carbocycles. The standard InChI is InChI=1S/C8H9Cl2NO/c1-3-7(9)5-4-6(2)8(10)11-12/h3-5,12H,2H2,1H3/b5-4-,7-3+,11-8-. The average molecular weight is 206 g/mol. The summed E-state index contributed by atoms with van der Waals surface area (Å²) in [6.45, 7) is 5.34. The molecule has 1 N–H and O–H groups in total. The highest BCUT2D eigenvalue weighted by Gasteiger charge is 1.95. The molecule has 12 heavy (non-hydrogen) atoms. The van der Waals surface area contributed by atoms with Gasteiger partial charge in [-0.1, -0.05) is 47.1 Å². The van der Waals surface area contributed by atoms with E-state index in [4.69, 9.17) is 28.4 Å². The van der Waals surface area contributed by atoms with Gasteiger partial charge >= 0.3 is 0 Å². The number of rotatable bonds is 3. The van der Waals surface area contributed by atoms with Crippen LogP contribution in [-0.4, -0.2) is 10.4 Å². The van der Waals surface area contributed by atoms with Gasteiger partial charge in [0.1, 0.15) is 0 Å². The lowest BCUT2D eigenvalue weighted by molar-refractivity contribution is 0.321. The molecule has 2 nitrogen and oxygen atoms in total. The summed E-state index contributed by atoms with van der Waals surface area (Å²) < 4.78 is 0. The Morgan fingerprint density at radius 2 is 2.00 bits per heavy atom. The zero-order chi connectivity index (χ0) is 9.56. The van der Waals surface area contributed by atoms with E-state index in [1.807, 2.05) is 0 Å². The van der Waals surface area contributed by atoms with Crippen LogP contribution in [0.4, 0.5) is 0 Å². The molecule has 0 saturated carbocycles. The van der Waals surface area contributed by atoms with E-state index >= 15 is 0 Å². The van der Waals surface area contributed by atoms with Crippen molar-refractivity contribution in [1.82, 2.24) is 0 Å². The van der Waals surface area contributed by atoms with E-state index in [1.165, 1.54) is 0 Å². The first-order valence-electron chi connectivity index (χ1n) is 3.18. The van der Waals surface area contributed by atoms with Crippen molar-refractivity contribution in [3.8, 4) is 0 Å². The second-order valence-electron chi connectivity index (χ2n) is 1.92. The summed E-state index contributed by atoms with van der Waals surface area (Å²) in [6, 6.07) is 0. The summed E-state index contributed by atoms with van der Waals surface area (Å²) in [4.78, 5) is 0. The van der Waals surface area contributed by atoms with Crippen LogP contribution >= 0.6 is 23.2 Å². The molecule has 0 atom stereocenters. The van der Waals surface area contributed by atoms with Gasteiger partial charge in [0.05, 0.1) is 0 Å². The third kappa shape index (κ3) is 4.21. The summed E-state index contributed by atoms with van der Waals surface area (Å²) >= 11 is 11.1. The molecular formula is C8H9Cl2NO. The number of oxime groups is 1. The van der Waals surface area contributed by atoms with E-state index in [1.54, 1.807) is 25.2 Å². The van der Waals surface area contributed by atoms with Crippen molar-refractivity contribution < 1.29 is 5.21 Å². The Hall–Kier alpha value is -0.730. The number of nitrogens with zero attached hydrogens (tertiary/aromatic N) is 1. The van der Waals surface area contributed by atoms with Crippen molar-refractivity contribution in [3.63, 3.8) is 0 Å². The van der Waals surface area contributed by atoms with Gasteiger partial charge in [0.25, 0.3) is 0 Å². The molecule has 0 unspecified atom stereocenters. The third-order valence-electron chi connectivity index (χ3n) is 1.07. The quantitative estimate of drug-likeness (QED) is 0.327. The molecule has 0 saturated heterocycles. The van der Waals surface area contributed by atoms with Gasteiger partial charge in [0, 0.05) is 10.6 Å². The molecule has 0 amide bonds. The minimum absolute atomic E-state index is 0.0492. The minimum Gasteiger partial charge on any atom is -0.410 e. The van der Waals surface area contributed by atoms with Crippen molar-refractivity contribution in [2.75, 3.05) is 0 Å². The van der Waals surface area contributed by atoms with Gasteiger partial charge in [-0.2, -0.15) is 0 Å². The van der Waals surface area contributed by atoms with Gasteiger partial charge in [-0.3, -0.25) is 0 Å². The van der Waals surface area contributed by atoms with Crippen molar-refractivity contribution in [1.29, 1.82) is 0 Å². The molecule has 0 aliphatic carbocycles. The zero-order valence-electron chi connectivity index (χ0n) is 6.59. The number of hydrogen-bond acceptors (Lipinski definition) is 2. The molecule has 0 spiro atoms. The van der Waals surface area contributed by atoms with Gasteiger partial charge in [0.15, 0.2) is 5.17 Å². The normalized spacial score (nSPS) is 13.9. The van der Waals surface area contributed by atoms with Crippen LogP contribution in [-0.2, 0) is 0 Å². The summed E-state index contributed by atoms with van der Waals surface area (Å²) in [5.74, 6) is 0. The largest absolute Gasteiger partial charge is 0.410 e. The Morgan fingerprint density at radius 1 is 1.42 bits per heavy atom. The second-order valence-corrected chi connectivity index (χ2v) is 2.72. The van der Waals surface area contributed by atoms with Crippen LogP contribution in [0.25, 0.3) is 0 Å². The number of allylic oxidation sites excluding steroid dienone is 5. The van der Waals surface area contributed by atoms with Gasteiger partial charge in [-0.15, -0.1) is 0 Å². The highest BCUT2D eigenvalue weighted by Crippen LogP contribution is 2.07. The van der Waals surface area contributed by atoms with Crippen LogP contribution in [0, 0.1) is 0 Å². The molecule has 0 aliphatic rings. The maximum absolute atomic E-state index is 8.24. The number of halogens is 2. The molecule has 0 aliphatic heterocycles. The summed E-state index contributed by atoms with van der Waals surface area (Å²) in [5, 5.41) is 11.5. The fraction of sp³-hybridized carbons (Fsp3) is 0.125. The average Bonchev–Trinajstić information content (AvgIpc) is 2.11. The van der Waals surface area contributed by atoms with Gasteiger partial charge in [-0.25, -0.2) is 0 Å². The van der Waals surface area contributed by atoms with Crippen LogP contribution in [0.3, 0.4) is 0 Å². The topological polar surface area (TPSA) is 32.6 Å². The molecule has 0 radical (unpaired) electrons. The second kappa shape index (κ2) is 5.86. The van der Waals surface area contributed by atoms with Crippen molar-refractivity contribution in [2.24, 2.45) is 5.16 Å². The van der Waals surface area contributed by atoms with Gasteiger partial charge in [0.2, 0.25) is 0 Å². The third-order valence-corrected chi connectivity index (χ3v) is 1.73. The Balaban J connectivity index is 4.29. The molecule has 0 bridgehead atoms. The summed E-state index contributed by atoms with van der Waals surface area (Å²) in [7, 11) is 0. The van der Waals surface area contributed by atoms with E-state index in [0.717, 1.165) is 0 Å². The Morgan fingerprint density at radius 3 is 2.42 bits per heavy atom. The smallest absolute Gasteiger partial charge is 0.174 e. The molecule has 0 rings (SSSR count). The summed E-state index contributed by atoms with van der Waals surface area (Å²) in [6.07, 6.45) is 4.89. The number of hydrogen-bond donors (Lipinski definition) is 1. The van der Waals surface area contributed by atoms with Crippen LogP contribution in [0.15, 0.2) is 40.6 Å². The first-order valence-corrected chi connectivity index (χ1v) is 3.94. The zero-order valence-corrected chi connectivity index (χ0v) is 8.10. The molecule has 0 heterocycles. The lowest BCUT2D eigenvalue weighted by Gasteiger charge is -1.92. The molecule has 4 heteroatoms. The molecule has 66 valence electrons. The highest BCUT2D eigenvalue weighted by molar-refractivity contribution is 6.69. The fourth-order valence-electron chi connectivity index (χ4n) is 0.409. The monoisotopic (exact) mass is 205 g/mol. The Bertz CT molecular complexity index is 254. The van der Waals surface area contributed by atoms with Gasteiger partial charge < -0.3 is 5.21 Å². The lowest BCUT2D eigenvalue weighted by Crippen LogP contribution is -1.87. The summed E-state index contributed by atoms with van der Waals surface area (Å²) in [5.41, 5.74) is 0.402. The first-order chi connectivity index (χ1) is 5.61. The molecule has 0 fully saturated rings. The highest BCUT2D eigenvalue weighted by atomic mass is 35.5. The fourth-order valence-corrected chi connectivity index (χ4v) is 0.535. The van der Waals surface area contributed by atoms with Crippen molar-refractivity contribution >= 4 is 28.4 Å². The molecule has 0 aromatic heterocycles. The SMILES string of the molecule is C=C(/C=C\C(Cl)=C/C)/C(Cl)=N/O. The van der Waals surface area contributed by atoms with Crippen LogP contribution < -0.4 is 0 Å². The predicted octanol–water partition coefficient (Wildman–Crippen LogP) is 3.27. The van der Waals surface area contributed by atoms with E-state index in [9.17, 15) is 0 Å². The van der Waals surface area contributed by atoms with E-state index in [0.29, 0.717) is 10.6 Å². The van der Waals surface area contributed by atoms with Gasteiger partial charge in [-0.05, 0) is 13.0 Å². The Kier molecular flexibility index (Phi) is 5.51. The molecule has 0 aromatic rings. The van der Waals surface area contributed by atoms with Crippen LogP contribution in [0.1, 0.15) is 6.92 Å². The minimum atomic E-state index is -0.0492. The molecular weight excluding hydrogens is 197 g/mol. The lowest BCUT2D eigenvalue weighted by atomic mass is 10.3. The van der Waals surface area contributed by atoms with E-state index in [2.05, 4.69) is 11.7 Å². The van der Waals surface area contributed by atoms with Crippen LogP contribution in [0.2, 0.25) is 0 Å².